The molecular weight excluding hydrogens is 320 g/mol. The Morgan fingerprint density at radius 1 is 1.21 bits per heavy atom. The summed E-state index contributed by atoms with van der Waals surface area (Å²) in [5, 5.41) is 10.6. The molecule has 3 heterocycles. The molecule has 3 aromatic heterocycles. The van der Waals surface area contributed by atoms with Gasteiger partial charge in [0.05, 0.1) is 22.6 Å². The van der Waals surface area contributed by atoms with Crippen LogP contribution < -0.4 is 5.43 Å². The summed E-state index contributed by atoms with van der Waals surface area (Å²) in [5.74, 6) is 0.701. The van der Waals surface area contributed by atoms with Crippen molar-refractivity contribution in [2.75, 3.05) is 5.43 Å². The Hall–Kier alpha value is -3.06. The Balaban J connectivity index is 1.65. The Morgan fingerprint density at radius 3 is 2.88 bits per heavy atom. The molecule has 0 atom stereocenters. The van der Waals surface area contributed by atoms with Gasteiger partial charge in [-0.1, -0.05) is 30.3 Å². The number of fused-ring (bicyclic) bond motifs is 1. The summed E-state index contributed by atoms with van der Waals surface area (Å²) >= 11 is 1.59. The maximum atomic E-state index is 4.42. The van der Waals surface area contributed by atoms with Crippen LogP contribution in [0.3, 0.4) is 0 Å². The van der Waals surface area contributed by atoms with Crippen LogP contribution in [0.1, 0.15) is 5.56 Å². The molecule has 4 rings (SSSR count). The van der Waals surface area contributed by atoms with Crippen molar-refractivity contribution in [3.8, 4) is 11.1 Å². The molecule has 4 aromatic rings. The number of aryl methyl sites for hydroxylation is 1. The minimum absolute atomic E-state index is 0.701. The molecule has 0 amide bonds. The number of nitrogens with zero attached hydrogens (tertiary/aromatic N) is 5. The van der Waals surface area contributed by atoms with Crippen molar-refractivity contribution in [2.24, 2.45) is 12.1 Å². The Morgan fingerprint density at radius 2 is 2.08 bits per heavy atom. The fourth-order valence-electron chi connectivity index (χ4n) is 2.40. The van der Waals surface area contributed by atoms with Crippen LogP contribution in [0.2, 0.25) is 0 Å². The minimum Gasteiger partial charge on any atom is -0.275 e. The molecule has 0 bridgehead atoms. The third kappa shape index (κ3) is 2.77. The number of benzene rings is 1. The fourth-order valence-corrected chi connectivity index (χ4v) is 3.37. The number of hydrazone groups is 1. The first-order valence-electron chi connectivity index (χ1n) is 7.36. The second-order valence-electron chi connectivity index (χ2n) is 5.23. The van der Waals surface area contributed by atoms with Gasteiger partial charge in [0.15, 0.2) is 5.82 Å². The van der Waals surface area contributed by atoms with Crippen LogP contribution in [-0.2, 0) is 7.05 Å². The van der Waals surface area contributed by atoms with Gasteiger partial charge in [-0.05, 0) is 5.56 Å². The van der Waals surface area contributed by atoms with Crippen molar-refractivity contribution in [2.45, 2.75) is 0 Å². The number of nitrogens with one attached hydrogen (secondary N) is 1. The highest BCUT2D eigenvalue weighted by molar-refractivity contribution is 7.18. The summed E-state index contributed by atoms with van der Waals surface area (Å²) < 4.78 is 2.75. The van der Waals surface area contributed by atoms with Gasteiger partial charge in [-0.15, -0.1) is 11.3 Å². The highest BCUT2D eigenvalue weighted by Crippen LogP contribution is 2.35. The first kappa shape index (κ1) is 14.5. The van der Waals surface area contributed by atoms with Crippen LogP contribution in [0.25, 0.3) is 21.3 Å². The molecule has 24 heavy (non-hydrogen) atoms. The van der Waals surface area contributed by atoms with Gasteiger partial charge in [-0.2, -0.15) is 10.2 Å². The van der Waals surface area contributed by atoms with Crippen LogP contribution in [0.5, 0.6) is 0 Å². The molecule has 1 aromatic carbocycles. The van der Waals surface area contributed by atoms with Crippen LogP contribution in [0.4, 0.5) is 5.82 Å². The molecule has 0 spiro atoms. The maximum Gasteiger partial charge on any atom is 0.167 e. The maximum absolute atomic E-state index is 4.42. The van der Waals surface area contributed by atoms with E-state index in [-0.39, 0.29) is 0 Å². The third-order valence-corrected chi connectivity index (χ3v) is 4.53. The number of aromatic nitrogens is 4. The molecular formula is C17H14N6S. The van der Waals surface area contributed by atoms with Crippen molar-refractivity contribution in [3.63, 3.8) is 0 Å². The number of thiophene rings is 1. The van der Waals surface area contributed by atoms with E-state index in [2.05, 4.69) is 31.0 Å². The third-order valence-electron chi connectivity index (χ3n) is 3.55. The summed E-state index contributed by atoms with van der Waals surface area (Å²) in [6.45, 7) is 0. The molecule has 6 nitrogen and oxygen atoms in total. The number of hydrogen-bond acceptors (Lipinski definition) is 6. The fraction of sp³-hybridized carbons (Fsp3) is 0.0588. The van der Waals surface area contributed by atoms with E-state index in [4.69, 9.17) is 0 Å². The lowest BCUT2D eigenvalue weighted by Crippen LogP contribution is -1.94. The van der Waals surface area contributed by atoms with E-state index in [1.165, 1.54) is 0 Å². The van der Waals surface area contributed by atoms with Crippen molar-refractivity contribution >= 4 is 33.6 Å². The van der Waals surface area contributed by atoms with E-state index in [9.17, 15) is 0 Å². The smallest absolute Gasteiger partial charge is 0.167 e. The molecule has 0 aliphatic rings. The van der Waals surface area contributed by atoms with Gasteiger partial charge in [-0.25, -0.2) is 9.97 Å². The van der Waals surface area contributed by atoms with E-state index in [0.717, 1.165) is 26.9 Å². The molecule has 0 saturated heterocycles. The van der Waals surface area contributed by atoms with Gasteiger partial charge < -0.3 is 0 Å². The predicted octanol–water partition coefficient (Wildman–Crippen LogP) is 3.54. The average Bonchev–Trinajstić information content (AvgIpc) is 3.22. The van der Waals surface area contributed by atoms with Gasteiger partial charge in [-0.3, -0.25) is 10.1 Å². The van der Waals surface area contributed by atoms with Gasteiger partial charge in [0.1, 0.15) is 6.33 Å². The van der Waals surface area contributed by atoms with Gasteiger partial charge in [0.25, 0.3) is 0 Å². The molecule has 7 heteroatoms. The normalized spacial score (nSPS) is 11.4. The van der Waals surface area contributed by atoms with E-state index in [1.807, 2.05) is 49.8 Å². The second kappa shape index (κ2) is 6.21. The van der Waals surface area contributed by atoms with Crippen molar-refractivity contribution in [3.05, 3.63) is 60.0 Å². The number of rotatable bonds is 4. The summed E-state index contributed by atoms with van der Waals surface area (Å²) in [6.07, 6.45) is 7.13. The van der Waals surface area contributed by atoms with Crippen molar-refractivity contribution in [1.29, 1.82) is 0 Å². The van der Waals surface area contributed by atoms with Crippen LogP contribution >= 0.6 is 11.3 Å². The van der Waals surface area contributed by atoms with E-state index >= 15 is 0 Å². The minimum atomic E-state index is 0.701. The molecule has 0 fully saturated rings. The molecule has 1 N–H and O–H groups in total. The topological polar surface area (TPSA) is 68.0 Å². The van der Waals surface area contributed by atoms with Gasteiger partial charge in [0, 0.05) is 29.8 Å². The lowest BCUT2D eigenvalue weighted by molar-refractivity contribution is 0.768. The zero-order chi connectivity index (χ0) is 16.4. The lowest BCUT2D eigenvalue weighted by Gasteiger charge is -2.01. The van der Waals surface area contributed by atoms with Crippen LogP contribution in [0.15, 0.2) is 59.5 Å². The van der Waals surface area contributed by atoms with Crippen molar-refractivity contribution in [1.82, 2.24) is 19.7 Å². The summed E-state index contributed by atoms with van der Waals surface area (Å²) in [4.78, 5) is 8.73. The zero-order valence-corrected chi connectivity index (χ0v) is 13.7. The summed E-state index contributed by atoms with van der Waals surface area (Å²) in [5.41, 5.74) is 7.04. The van der Waals surface area contributed by atoms with E-state index in [1.54, 1.807) is 28.6 Å². The quantitative estimate of drug-likeness (QED) is 0.458. The zero-order valence-electron chi connectivity index (χ0n) is 12.9. The Bertz CT molecular complexity index is 1000. The summed E-state index contributed by atoms with van der Waals surface area (Å²) in [7, 11) is 1.90. The summed E-state index contributed by atoms with van der Waals surface area (Å²) in [6, 6.07) is 9.91. The molecule has 0 unspecified atom stereocenters. The number of hydrogen-bond donors (Lipinski definition) is 1. The highest BCUT2D eigenvalue weighted by Gasteiger charge is 2.12. The Kier molecular flexibility index (Phi) is 3.76. The molecule has 0 radical (unpaired) electrons. The highest BCUT2D eigenvalue weighted by atomic mass is 32.1. The standard InChI is InChI=1S/C17H14N6S/c1-23-9-13(8-21-23)14-10-24-16-15(14)18-11-19-17(16)22-20-7-12-5-3-2-4-6-12/h2-11H,1H3,(H,18,19,22). The van der Waals surface area contributed by atoms with E-state index < -0.39 is 0 Å². The van der Waals surface area contributed by atoms with Gasteiger partial charge in [0.2, 0.25) is 0 Å². The van der Waals surface area contributed by atoms with Crippen molar-refractivity contribution < 1.29 is 0 Å². The molecule has 0 aliphatic heterocycles. The second-order valence-corrected chi connectivity index (χ2v) is 6.11. The van der Waals surface area contributed by atoms with Gasteiger partial charge >= 0.3 is 0 Å². The van der Waals surface area contributed by atoms with Crippen LogP contribution in [-0.4, -0.2) is 26.0 Å². The molecule has 0 aliphatic carbocycles. The lowest BCUT2D eigenvalue weighted by atomic mass is 10.2. The monoisotopic (exact) mass is 334 g/mol. The molecule has 0 saturated carbocycles. The van der Waals surface area contributed by atoms with Crippen LogP contribution in [0, 0.1) is 0 Å². The largest absolute Gasteiger partial charge is 0.275 e. The first-order chi connectivity index (χ1) is 11.8. The van der Waals surface area contributed by atoms with E-state index in [0.29, 0.717) is 5.82 Å². The Labute approximate surface area is 142 Å². The first-order valence-corrected chi connectivity index (χ1v) is 8.24. The number of anilines is 1. The predicted molar refractivity (Wildman–Crippen MR) is 97.3 cm³/mol. The average molecular weight is 334 g/mol. The SMILES string of the molecule is Cn1cc(-c2csc3c(NN=Cc4ccccc4)ncnc23)cn1. The molecule has 118 valence electrons.